The zero-order chi connectivity index (χ0) is 10.3. The summed E-state index contributed by atoms with van der Waals surface area (Å²) < 4.78 is 5.53. The Labute approximate surface area is 94.6 Å². The highest BCUT2D eigenvalue weighted by Crippen LogP contribution is 2.41. The van der Waals surface area contributed by atoms with E-state index in [0.29, 0.717) is 5.92 Å². The molecule has 0 radical (unpaired) electrons. The zero-order valence-electron chi connectivity index (χ0n) is 9.08. The maximum absolute atomic E-state index is 5.53. The Morgan fingerprint density at radius 1 is 1.60 bits per heavy atom. The SMILES string of the molecule is CC1(C2CCOC2)NCCc2ccsc21. The molecule has 3 heteroatoms. The van der Waals surface area contributed by atoms with Crippen LogP contribution < -0.4 is 5.32 Å². The average Bonchev–Trinajstić information content (AvgIpc) is 2.89. The van der Waals surface area contributed by atoms with Crippen molar-refractivity contribution in [1.29, 1.82) is 0 Å². The summed E-state index contributed by atoms with van der Waals surface area (Å²) in [5.41, 5.74) is 1.71. The number of hydrogen-bond acceptors (Lipinski definition) is 3. The van der Waals surface area contributed by atoms with Gasteiger partial charge in [-0.2, -0.15) is 0 Å². The lowest BCUT2D eigenvalue weighted by Crippen LogP contribution is -2.49. The van der Waals surface area contributed by atoms with Crippen molar-refractivity contribution in [2.24, 2.45) is 5.92 Å². The number of thiophene rings is 1. The second-order valence-electron chi connectivity index (χ2n) is 4.71. The van der Waals surface area contributed by atoms with Gasteiger partial charge in [0.15, 0.2) is 0 Å². The molecule has 1 saturated heterocycles. The molecule has 2 nitrogen and oxygen atoms in total. The number of ether oxygens (including phenoxy) is 1. The molecule has 2 aliphatic heterocycles. The Morgan fingerprint density at radius 3 is 3.33 bits per heavy atom. The van der Waals surface area contributed by atoms with Crippen molar-refractivity contribution < 1.29 is 4.74 Å². The molecule has 15 heavy (non-hydrogen) atoms. The molecule has 82 valence electrons. The summed E-state index contributed by atoms with van der Waals surface area (Å²) in [5, 5.41) is 5.94. The molecule has 1 N–H and O–H groups in total. The summed E-state index contributed by atoms with van der Waals surface area (Å²) in [6.07, 6.45) is 2.38. The van der Waals surface area contributed by atoms with Crippen molar-refractivity contribution in [2.75, 3.05) is 19.8 Å². The zero-order valence-corrected chi connectivity index (χ0v) is 9.90. The van der Waals surface area contributed by atoms with E-state index in [1.54, 1.807) is 10.4 Å². The molecule has 0 amide bonds. The molecule has 2 aliphatic rings. The number of rotatable bonds is 1. The quantitative estimate of drug-likeness (QED) is 0.787. The van der Waals surface area contributed by atoms with Crippen molar-refractivity contribution >= 4 is 11.3 Å². The lowest BCUT2D eigenvalue weighted by molar-refractivity contribution is 0.151. The molecule has 0 spiro atoms. The molecule has 3 rings (SSSR count). The fraction of sp³-hybridized carbons (Fsp3) is 0.667. The maximum Gasteiger partial charge on any atom is 0.0554 e. The topological polar surface area (TPSA) is 21.3 Å². The molecule has 2 atom stereocenters. The molecule has 0 aliphatic carbocycles. The minimum atomic E-state index is 0.165. The number of fused-ring (bicyclic) bond motifs is 1. The first-order valence-electron chi connectivity index (χ1n) is 5.70. The minimum absolute atomic E-state index is 0.165. The summed E-state index contributed by atoms with van der Waals surface area (Å²) in [5.74, 6) is 0.648. The third kappa shape index (κ3) is 1.45. The Bertz CT molecular complexity index is 356. The summed E-state index contributed by atoms with van der Waals surface area (Å²) in [6, 6.07) is 2.29. The van der Waals surface area contributed by atoms with Crippen molar-refractivity contribution in [3.05, 3.63) is 21.9 Å². The molecule has 0 aromatic carbocycles. The van der Waals surface area contributed by atoms with E-state index in [1.165, 1.54) is 12.8 Å². The van der Waals surface area contributed by atoms with E-state index in [2.05, 4.69) is 23.7 Å². The first kappa shape index (κ1) is 9.82. The summed E-state index contributed by atoms with van der Waals surface area (Å²) in [4.78, 5) is 1.55. The molecular weight excluding hydrogens is 206 g/mol. The van der Waals surface area contributed by atoms with Crippen LogP contribution in [-0.2, 0) is 16.7 Å². The number of hydrogen-bond donors (Lipinski definition) is 1. The Hall–Kier alpha value is -0.380. The van der Waals surface area contributed by atoms with E-state index in [9.17, 15) is 0 Å². The Kier molecular flexibility index (Phi) is 2.34. The van der Waals surface area contributed by atoms with Crippen molar-refractivity contribution in [2.45, 2.75) is 25.3 Å². The van der Waals surface area contributed by atoms with Crippen LogP contribution in [0.15, 0.2) is 11.4 Å². The summed E-state index contributed by atoms with van der Waals surface area (Å²) in [6.45, 7) is 5.31. The van der Waals surface area contributed by atoms with Gasteiger partial charge in [-0.3, -0.25) is 0 Å². The van der Waals surface area contributed by atoms with Crippen LogP contribution in [0, 0.1) is 5.92 Å². The van der Waals surface area contributed by atoms with Gasteiger partial charge in [-0.15, -0.1) is 11.3 Å². The van der Waals surface area contributed by atoms with Gasteiger partial charge in [0.05, 0.1) is 12.1 Å². The van der Waals surface area contributed by atoms with Gasteiger partial charge in [-0.25, -0.2) is 0 Å². The van der Waals surface area contributed by atoms with E-state index >= 15 is 0 Å². The van der Waals surface area contributed by atoms with Crippen molar-refractivity contribution in [1.82, 2.24) is 5.32 Å². The van der Waals surface area contributed by atoms with Gasteiger partial charge in [0, 0.05) is 23.9 Å². The fourth-order valence-corrected chi connectivity index (χ4v) is 4.02. The van der Waals surface area contributed by atoms with Gasteiger partial charge in [0.25, 0.3) is 0 Å². The largest absolute Gasteiger partial charge is 0.381 e. The Morgan fingerprint density at radius 2 is 2.53 bits per heavy atom. The summed E-state index contributed by atoms with van der Waals surface area (Å²) in [7, 11) is 0. The molecule has 0 saturated carbocycles. The van der Waals surface area contributed by atoms with E-state index < -0.39 is 0 Å². The van der Waals surface area contributed by atoms with Crippen LogP contribution in [0.4, 0.5) is 0 Å². The van der Waals surface area contributed by atoms with Crippen LogP contribution >= 0.6 is 11.3 Å². The van der Waals surface area contributed by atoms with E-state index in [1.807, 2.05) is 11.3 Å². The Balaban J connectivity index is 1.99. The normalized spacial score (nSPS) is 35.4. The molecule has 1 aromatic heterocycles. The van der Waals surface area contributed by atoms with Crippen molar-refractivity contribution in [3.63, 3.8) is 0 Å². The molecule has 1 aromatic rings. The lowest BCUT2D eigenvalue weighted by Gasteiger charge is -2.39. The number of nitrogens with one attached hydrogen (secondary N) is 1. The molecule has 1 fully saturated rings. The first-order chi connectivity index (χ1) is 7.31. The van der Waals surface area contributed by atoms with Crippen LogP contribution in [0.25, 0.3) is 0 Å². The average molecular weight is 223 g/mol. The highest BCUT2D eigenvalue weighted by Gasteiger charge is 2.41. The van der Waals surface area contributed by atoms with E-state index in [4.69, 9.17) is 4.74 Å². The molecule has 2 unspecified atom stereocenters. The highest BCUT2D eigenvalue weighted by molar-refractivity contribution is 7.10. The summed E-state index contributed by atoms with van der Waals surface area (Å²) >= 11 is 1.90. The monoisotopic (exact) mass is 223 g/mol. The van der Waals surface area contributed by atoms with Gasteiger partial charge in [0.2, 0.25) is 0 Å². The third-order valence-corrected chi connectivity index (χ3v) is 5.05. The minimum Gasteiger partial charge on any atom is -0.381 e. The van der Waals surface area contributed by atoms with E-state index in [-0.39, 0.29) is 5.54 Å². The second-order valence-corrected chi connectivity index (χ2v) is 5.63. The van der Waals surface area contributed by atoms with E-state index in [0.717, 1.165) is 19.8 Å². The highest BCUT2D eigenvalue weighted by atomic mass is 32.1. The lowest BCUT2D eigenvalue weighted by atomic mass is 9.79. The smallest absolute Gasteiger partial charge is 0.0554 e. The van der Waals surface area contributed by atoms with Gasteiger partial charge in [-0.1, -0.05) is 0 Å². The van der Waals surface area contributed by atoms with Gasteiger partial charge >= 0.3 is 0 Å². The second kappa shape index (κ2) is 3.58. The van der Waals surface area contributed by atoms with Crippen LogP contribution in [0.1, 0.15) is 23.8 Å². The fourth-order valence-electron chi connectivity index (χ4n) is 2.85. The van der Waals surface area contributed by atoms with Crippen LogP contribution in [0.2, 0.25) is 0 Å². The molecule has 0 bridgehead atoms. The third-order valence-electron chi connectivity index (χ3n) is 3.85. The van der Waals surface area contributed by atoms with Gasteiger partial charge in [-0.05, 0) is 36.8 Å². The predicted octanol–water partition coefficient (Wildman–Crippen LogP) is 2.15. The van der Waals surface area contributed by atoms with Crippen LogP contribution in [0.5, 0.6) is 0 Å². The predicted molar refractivity (Wildman–Crippen MR) is 62.3 cm³/mol. The molecular formula is C12H17NOS. The maximum atomic E-state index is 5.53. The van der Waals surface area contributed by atoms with Crippen LogP contribution in [0.3, 0.4) is 0 Å². The standard InChI is InChI=1S/C12H17NOS/c1-12(10-3-6-14-8-10)11-9(2-5-13-12)4-7-15-11/h4,7,10,13H,2-3,5-6,8H2,1H3. The van der Waals surface area contributed by atoms with Gasteiger partial charge < -0.3 is 10.1 Å². The van der Waals surface area contributed by atoms with Gasteiger partial charge in [0.1, 0.15) is 0 Å². The van der Waals surface area contributed by atoms with Crippen molar-refractivity contribution in [3.8, 4) is 0 Å². The first-order valence-corrected chi connectivity index (χ1v) is 6.58. The van der Waals surface area contributed by atoms with Crippen LogP contribution in [-0.4, -0.2) is 19.8 Å². The molecule has 3 heterocycles.